The van der Waals surface area contributed by atoms with Gasteiger partial charge in [-0.2, -0.15) is 0 Å². The van der Waals surface area contributed by atoms with Crippen LogP contribution < -0.4 is 10.6 Å². The van der Waals surface area contributed by atoms with Gasteiger partial charge in [0.05, 0.1) is 4.90 Å². The smallest absolute Gasteiger partial charge is 0.314 e. The van der Waals surface area contributed by atoms with E-state index in [1.807, 2.05) is 13.0 Å². The summed E-state index contributed by atoms with van der Waals surface area (Å²) in [5.41, 5.74) is 0.650. The number of rotatable bonds is 7. The Morgan fingerprint density at radius 2 is 1.54 bits per heavy atom. The van der Waals surface area contributed by atoms with E-state index < -0.39 is 15.1 Å². The molecule has 24 heavy (non-hydrogen) atoms. The number of nitrogens with one attached hydrogen (secondary N) is 2. The highest BCUT2D eigenvalue weighted by atomic mass is 32.2. The molecule has 2 aromatic rings. The molecule has 0 unspecified atom stereocenters. The lowest BCUT2D eigenvalue weighted by Gasteiger charge is -2.19. The zero-order valence-corrected chi connectivity index (χ0v) is 14.4. The summed E-state index contributed by atoms with van der Waals surface area (Å²) < 4.78 is 26.0. The van der Waals surface area contributed by atoms with Gasteiger partial charge in [-0.05, 0) is 24.1 Å². The van der Waals surface area contributed by atoms with Crippen LogP contribution in [0.15, 0.2) is 65.6 Å². The van der Waals surface area contributed by atoms with Gasteiger partial charge in [-0.15, -0.1) is 0 Å². The lowest BCUT2D eigenvalue weighted by molar-refractivity contribution is 0.241. The second-order valence-electron chi connectivity index (χ2n) is 5.39. The SMILES string of the molecule is CCCNC(=O)NC[C@@H](c1ccccc1)S(=O)(=O)c1ccccc1. The highest BCUT2D eigenvalue weighted by Gasteiger charge is 2.29. The molecule has 0 aromatic heterocycles. The molecule has 0 aliphatic rings. The van der Waals surface area contributed by atoms with Crippen molar-refractivity contribution in [2.75, 3.05) is 13.1 Å². The molecule has 0 fully saturated rings. The number of urea groups is 1. The molecule has 5 nitrogen and oxygen atoms in total. The fourth-order valence-electron chi connectivity index (χ4n) is 2.34. The topological polar surface area (TPSA) is 75.3 Å². The Hall–Kier alpha value is -2.34. The number of hydrogen-bond acceptors (Lipinski definition) is 3. The molecule has 0 bridgehead atoms. The third kappa shape index (κ3) is 4.58. The van der Waals surface area contributed by atoms with Crippen molar-refractivity contribution in [2.24, 2.45) is 0 Å². The summed E-state index contributed by atoms with van der Waals surface area (Å²) in [6, 6.07) is 16.9. The predicted octanol–water partition coefficient (Wildman–Crippen LogP) is 2.91. The van der Waals surface area contributed by atoms with Crippen LogP contribution in [0.3, 0.4) is 0 Å². The lowest BCUT2D eigenvalue weighted by Crippen LogP contribution is -2.39. The van der Waals surface area contributed by atoms with Crippen LogP contribution >= 0.6 is 0 Å². The molecule has 0 saturated heterocycles. The summed E-state index contributed by atoms with van der Waals surface area (Å²) in [6.07, 6.45) is 0.817. The van der Waals surface area contributed by atoms with Crippen LogP contribution in [0.5, 0.6) is 0 Å². The van der Waals surface area contributed by atoms with E-state index >= 15 is 0 Å². The number of amides is 2. The molecule has 0 heterocycles. The molecule has 2 rings (SSSR count). The van der Waals surface area contributed by atoms with Crippen molar-refractivity contribution >= 4 is 15.9 Å². The van der Waals surface area contributed by atoms with Gasteiger partial charge >= 0.3 is 6.03 Å². The molecule has 2 amide bonds. The maximum absolute atomic E-state index is 13.0. The van der Waals surface area contributed by atoms with Crippen molar-refractivity contribution in [3.05, 3.63) is 66.2 Å². The van der Waals surface area contributed by atoms with Crippen molar-refractivity contribution < 1.29 is 13.2 Å². The largest absolute Gasteiger partial charge is 0.338 e. The first-order chi connectivity index (χ1) is 11.6. The molecule has 6 heteroatoms. The van der Waals surface area contributed by atoms with Gasteiger partial charge in [-0.3, -0.25) is 0 Å². The van der Waals surface area contributed by atoms with Crippen LogP contribution in [0, 0.1) is 0 Å². The second-order valence-corrected chi connectivity index (χ2v) is 7.52. The third-order valence-corrected chi connectivity index (χ3v) is 5.72. The third-order valence-electron chi connectivity index (χ3n) is 3.60. The van der Waals surface area contributed by atoms with Crippen molar-refractivity contribution in [2.45, 2.75) is 23.5 Å². The minimum Gasteiger partial charge on any atom is -0.338 e. The standard InChI is InChI=1S/C18H22N2O3S/c1-2-13-19-18(21)20-14-17(15-9-5-3-6-10-15)24(22,23)16-11-7-4-8-12-16/h3-12,17H,2,13-14H2,1H3,(H2,19,20,21)/t17-/m0/s1. The molecular formula is C18H22N2O3S. The highest BCUT2D eigenvalue weighted by Crippen LogP contribution is 2.28. The second kappa shape index (κ2) is 8.49. The van der Waals surface area contributed by atoms with Gasteiger partial charge in [0.1, 0.15) is 5.25 Å². The molecular weight excluding hydrogens is 324 g/mol. The van der Waals surface area contributed by atoms with E-state index in [1.54, 1.807) is 54.6 Å². The Balaban J connectivity index is 2.26. The van der Waals surface area contributed by atoms with Crippen LogP contribution in [0.25, 0.3) is 0 Å². The molecule has 0 aliphatic heterocycles. The van der Waals surface area contributed by atoms with E-state index in [1.165, 1.54) is 0 Å². The average molecular weight is 346 g/mol. The van der Waals surface area contributed by atoms with E-state index in [0.29, 0.717) is 12.1 Å². The van der Waals surface area contributed by atoms with Gasteiger partial charge in [0.15, 0.2) is 9.84 Å². The van der Waals surface area contributed by atoms with E-state index in [2.05, 4.69) is 10.6 Å². The summed E-state index contributed by atoms with van der Waals surface area (Å²) in [4.78, 5) is 12.0. The van der Waals surface area contributed by atoms with Crippen LogP contribution in [0.2, 0.25) is 0 Å². The van der Waals surface area contributed by atoms with Crippen molar-refractivity contribution in [3.8, 4) is 0 Å². The molecule has 0 spiro atoms. The van der Waals surface area contributed by atoms with Gasteiger partial charge in [0, 0.05) is 13.1 Å². The molecule has 2 aromatic carbocycles. The summed E-state index contributed by atoms with van der Waals surface area (Å²) in [5.74, 6) is 0. The normalized spacial score (nSPS) is 12.4. The number of carbonyl (C=O) groups excluding carboxylic acids is 1. The Morgan fingerprint density at radius 3 is 2.12 bits per heavy atom. The minimum atomic E-state index is -3.61. The van der Waals surface area contributed by atoms with Gasteiger partial charge < -0.3 is 10.6 Å². The molecule has 0 saturated carbocycles. The van der Waals surface area contributed by atoms with Crippen LogP contribution in [-0.4, -0.2) is 27.5 Å². The molecule has 128 valence electrons. The number of carbonyl (C=O) groups is 1. The zero-order chi connectivity index (χ0) is 17.4. The first kappa shape index (κ1) is 18.0. The number of benzene rings is 2. The van der Waals surface area contributed by atoms with Crippen LogP contribution in [0.4, 0.5) is 4.79 Å². The number of hydrogen-bond donors (Lipinski definition) is 2. The Bertz CT molecular complexity index is 746. The highest BCUT2D eigenvalue weighted by molar-refractivity contribution is 7.91. The molecule has 0 radical (unpaired) electrons. The predicted molar refractivity (Wildman–Crippen MR) is 94.5 cm³/mol. The van der Waals surface area contributed by atoms with E-state index in [-0.39, 0.29) is 17.5 Å². The Kier molecular flexibility index (Phi) is 6.37. The fourth-order valence-corrected chi connectivity index (χ4v) is 4.02. The first-order valence-corrected chi connectivity index (χ1v) is 9.46. The van der Waals surface area contributed by atoms with E-state index in [0.717, 1.165) is 6.42 Å². The average Bonchev–Trinajstić information content (AvgIpc) is 2.61. The molecule has 1 atom stereocenters. The van der Waals surface area contributed by atoms with Crippen molar-refractivity contribution in [1.82, 2.24) is 10.6 Å². The summed E-state index contributed by atoms with van der Waals surface area (Å²) >= 11 is 0. The van der Waals surface area contributed by atoms with Crippen LogP contribution in [0.1, 0.15) is 24.2 Å². The quantitative estimate of drug-likeness (QED) is 0.809. The molecule has 0 aliphatic carbocycles. The molecule has 2 N–H and O–H groups in total. The Morgan fingerprint density at radius 1 is 0.958 bits per heavy atom. The van der Waals surface area contributed by atoms with Gasteiger partial charge in [-0.1, -0.05) is 55.5 Å². The fraction of sp³-hybridized carbons (Fsp3) is 0.278. The Labute approximate surface area is 143 Å². The minimum absolute atomic E-state index is 0.0107. The van der Waals surface area contributed by atoms with Gasteiger partial charge in [0.2, 0.25) is 0 Å². The van der Waals surface area contributed by atoms with E-state index in [4.69, 9.17) is 0 Å². The van der Waals surface area contributed by atoms with Crippen molar-refractivity contribution in [1.29, 1.82) is 0 Å². The van der Waals surface area contributed by atoms with Gasteiger partial charge in [-0.25, -0.2) is 13.2 Å². The van der Waals surface area contributed by atoms with Gasteiger partial charge in [0.25, 0.3) is 0 Å². The summed E-state index contributed by atoms with van der Waals surface area (Å²) in [7, 11) is -3.61. The monoisotopic (exact) mass is 346 g/mol. The summed E-state index contributed by atoms with van der Waals surface area (Å²) in [6.45, 7) is 2.51. The van der Waals surface area contributed by atoms with Crippen molar-refractivity contribution in [3.63, 3.8) is 0 Å². The first-order valence-electron chi connectivity index (χ1n) is 7.91. The zero-order valence-electron chi connectivity index (χ0n) is 13.6. The lowest BCUT2D eigenvalue weighted by atomic mass is 10.1. The maximum Gasteiger partial charge on any atom is 0.314 e. The van der Waals surface area contributed by atoms with Crippen LogP contribution in [-0.2, 0) is 9.84 Å². The number of sulfone groups is 1. The summed E-state index contributed by atoms with van der Waals surface area (Å²) in [5, 5.41) is 4.51. The maximum atomic E-state index is 13.0. The van der Waals surface area contributed by atoms with E-state index in [9.17, 15) is 13.2 Å².